The number of morpholine rings is 1. The first kappa shape index (κ1) is 24.6. The largest absolute Gasteiger partial charge is 0.489 e. The number of hydrogen-bond donors (Lipinski definition) is 1. The molecule has 1 saturated heterocycles. The second-order valence-corrected chi connectivity index (χ2v) is 8.29. The van der Waals surface area contributed by atoms with Crippen molar-refractivity contribution in [3.63, 3.8) is 0 Å². The Kier molecular flexibility index (Phi) is 7.30. The third-order valence-electron chi connectivity index (χ3n) is 5.80. The maximum Gasteiger partial charge on any atom is 0.416 e. The number of rotatable bonds is 7. The van der Waals surface area contributed by atoms with Gasteiger partial charge in [0, 0.05) is 13.1 Å². The Bertz CT molecular complexity index is 1150. The summed E-state index contributed by atoms with van der Waals surface area (Å²) in [4.78, 5) is 14.6. The molecule has 1 fully saturated rings. The van der Waals surface area contributed by atoms with E-state index in [2.05, 4.69) is 10.5 Å². The van der Waals surface area contributed by atoms with Gasteiger partial charge in [-0.3, -0.25) is 4.79 Å². The molecule has 186 valence electrons. The second-order valence-electron chi connectivity index (χ2n) is 8.29. The fourth-order valence-electron chi connectivity index (χ4n) is 3.84. The predicted octanol–water partition coefficient (Wildman–Crippen LogP) is 4.91. The van der Waals surface area contributed by atoms with Gasteiger partial charge < -0.3 is 24.2 Å². The van der Waals surface area contributed by atoms with E-state index in [1.165, 1.54) is 6.07 Å². The molecular weight excluding hydrogens is 463 g/mol. The normalized spacial score (nSPS) is 14.1. The predicted molar refractivity (Wildman–Crippen MR) is 124 cm³/mol. The highest BCUT2D eigenvalue weighted by molar-refractivity contribution is 5.95. The summed E-state index contributed by atoms with van der Waals surface area (Å²) in [5.74, 6) is 0.895. The van der Waals surface area contributed by atoms with Crippen LogP contribution in [0.25, 0.3) is 0 Å². The molecule has 1 amide bonds. The topological polar surface area (TPSA) is 76.8 Å². The lowest BCUT2D eigenvalue weighted by molar-refractivity contribution is -0.137. The van der Waals surface area contributed by atoms with Crippen LogP contribution in [0.5, 0.6) is 5.75 Å². The van der Waals surface area contributed by atoms with E-state index in [1.807, 2.05) is 18.7 Å². The quantitative estimate of drug-likeness (QED) is 0.509. The first-order chi connectivity index (χ1) is 16.7. The van der Waals surface area contributed by atoms with E-state index in [1.54, 1.807) is 24.3 Å². The summed E-state index contributed by atoms with van der Waals surface area (Å²) < 4.78 is 56.1. The standard InChI is InChI=1S/C25H26F3N3O4/c1-16-21(17(2)35-30-16)15-34-20-6-3-18(4-7-20)13-24(32)29-22-14-19(25(26,27)28)5-8-23(22)31-9-11-33-12-10-31/h3-8,14H,9-13,15H2,1-2H3,(H,29,32). The van der Waals surface area contributed by atoms with Crippen molar-refractivity contribution in [2.45, 2.75) is 33.1 Å². The number of amides is 1. The van der Waals surface area contributed by atoms with Crippen molar-refractivity contribution < 1.29 is 32.0 Å². The summed E-state index contributed by atoms with van der Waals surface area (Å²) in [6.45, 7) is 5.97. The fraction of sp³-hybridized carbons (Fsp3) is 0.360. The van der Waals surface area contributed by atoms with E-state index in [0.717, 1.165) is 23.4 Å². The summed E-state index contributed by atoms with van der Waals surface area (Å²) in [5.41, 5.74) is 2.20. The van der Waals surface area contributed by atoms with Crippen molar-refractivity contribution in [2.75, 3.05) is 36.5 Å². The number of carbonyl (C=O) groups excluding carboxylic acids is 1. The molecule has 4 rings (SSSR count). The molecule has 3 aromatic rings. The van der Waals surface area contributed by atoms with Crippen molar-refractivity contribution in [3.05, 3.63) is 70.6 Å². The minimum absolute atomic E-state index is 0.00292. The van der Waals surface area contributed by atoms with Crippen molar-refractivity contribution in [1.29, 1.82) is 0 Å². The molecule has 0 aliphatic carbocycles. The molecular formula is C25H26F3N3O4. The first-order valence-electron chi connectivity index (χ1n) is 11.2. The summed E-state index contributed by atoms with van der Waals surface area (Å²) in [6, 6.07) is 10.4. The summed E-state index contributed by atoms with van der Waals surface area (Å²) in [6.07, 6.45) is -4.51. The number of halogens is 3. The van der Waals surface area contributed by atoms with Crippen molar-refractivity contribution in [1.82, 2.24) is 5.16 Å². The van der Waals surface area contributed by atoms with E-state index >= 15 is 0 Å². The summed E-state index contributed by atoms with van der Waals surface area (Å²) in [7, 11) is 0. The molecule has 35 heavy (non-hydrogen) atoms. The van der Waals surface area contributed by atoms with E-state index in [0.29, 0.717) is 55.7 Å². The molecule has 0 bridgehead atoms. The van der Waals surface area contributed by atoms with E-state index in [9.17, 15) is 18.0 Å². The molecule has 1 aromatic heterocycles. The van der Waals surface area contributed by atoms with Crippen LogP contribution in [-0.4, -0.2) is 37.4 Å². The molecule has 1 aliphatic rings. The Labute approximate surface area is 200 Å². The fourth-order valence-corrected chi connectivity index (χ4v) is 3.84. The molecule has 2 aromatic carbocycles. The lowest BCUT2D eigenvalue weighted by Gasteiger charge is -2.31. The van der Waals surface area contributed by atoms with Crippen LogP contribution >= 0.6 is 0 Å². The zero-order valence-electron chi connectivity index (χ0n) is 19.4. The number of aromatic nitrogens is 1. The number of nitrogens with zero attached hydrogens (tertiary/aromatic N) is 2. The van der Waals surface area contributed by atoms with Gasteiger partial charge in [0.15, 0.2) is 0 Å². The smallest absolute Gasteiger partial charge is 0.416 e. The number of hydrogen-bond acceptors (Lipinski definition) is 6. The van der Waals surface area contributed by atoms with Gasteiger partial charge in [0.2, 0.25) is 5.91 Å². The third kappa shape index (κ3) is 6.13. The lowest BCUT2D eigenvalue weighted by atomic mass is 10.1. The zero-order valence-corrected chi connectivity index (χ0v) is 19.4. The Balaban J connectivity index is 1.42. The van der Waals surface area contributed by atoms with Crippen LogP contribution in [0.1, 0.15) is 28.1 Å². The Hall–Kier alpha value is -3.53. The first-order valence-corrected chi connectivity index (χ1v) is 11.2. The van der Waals surface area contributed by atoms with E-state index in [-0.39, 0.29) is 12.1 Å². The molecule has 0 unspecified atom stereocenters. The molecule has 1 aliphatic heterocycles. The zero-order chi connectivity index (χ0) is 25.0. The van der Waals surface area contributed by atoms with Crippen LogP contribution in [-0.2, 0) is 28.7 Å². The monoisotopic (exact) mass is 489 g/mol. The molecule has 1 N–H and O–H groups in total. The number of ether oxygens (including phenoxy) is 2. The Morgan fingerprint density at radius 1 is 1.11 bits per heavy atom. The molecule has 0 radical (unpaired) electrons. The number of alkyl halides is 3. The van der Waals surface area contributed by atoms with Gasteiger partial charge in [-0.2, -0.15) is 13.2 Å². The Morgan fingerprint density at radius 3 is 2.46 bits per heavy atom. The summed E-state index contributed by atoms with van der Waals surface area (Å²) >= 11 is 0. The SMILES string of the molecule is Cc1noc(C)c1COc1ccc(CC(=O)Nc2cc(C(F)(F)F)ccc2N2CCOCC2)cc1. The maximum atomic E-state index is 13.3. The highest BCUT2D eigenvalue weighted by atomic mass is 19.4. The highest BCUT2D eigenvalue weighted by Gasteiger charge is 2.32. The molecule has 0 spiro atoms. The van der Waals surface area contributed by atoms with Crippen LogP contribution < -0.4 is 15.0 Å². The third-order valence-corrected chi connectivity index (χ3v) is 5.80. The molecule has 7 nitrogen and oxygen atoms in total. The van der Waals surface area contributed by atoms with Gasteiger partial charge in [-0.1, -0.05) is 17.3 Å². The van der Waals surface area contributed by atoms with Crippen LogP contribution in [0.2, 0.25) is 0 Å². The van der Waals surface area contributed by atoms with Crippen LogP contribution in [0.3, 0.4) is 0 Å². The highest BCUT2D eigenvalue weighted by Crippen LogP contribution is 2.36. The Morgan fingerprint density at radius 2 is 1.83 bits per heavy atom. The molecule has 0 saturated carbocycles. The minimum atomic E-state index is -4.51. The average Bonchev–Trinajstić information content (AvgIpc) is 3.15. The van der Waals surface area contributed by atoms with Crippen molar-refractivity contribution in [3.8, 4) is 5.75 Å². The van der Waals surface area contributed by atoms with Gasteiger partial charge in [-0.25, -0.2) is 0 Å². The second kappa shape index (κ2) is 10.4. The number of nitrogens with one attached hydrogen (secondary N) is 1. The van der Waals surface area contributed by atoms with Gasteiger partial charge in [0.1, 0.15) is 18.1 Å². The summed E-state index contributed by atoms with van der Waals surface area (Å²) in [5, 5.41) is 6.56. The van der Waals surface area contributed by atoms with Crippen molar-refractivity contribution >= 4 is 17.3 Å². The van der Waals surface area contributed by atoms with Gasteiger partial charge in [-0.05, 0) is 49.7 Å². The van der Waals surface area contributed by atoms with Crippen LogP contribution in [0.4, 0.5) is 24.5 Å². The van der Waals surface area contributed by atoms with Gasteiger partial charge >= 0.3 is 6.18 Å². The molecule has 10 heteroatoms. The number of anilines is 2. The molecule has 0 atom stereocenters. The molecule has 2 heterocycles. The van der Waals surface area contributed by atoms with E-state index in [4.69, 9.17) is 14.0 Å². The van der Waals surface area contributed by atoms with Gasteiger partial charge in [0.25, 0.3) is 0 Å². The minimum Gasteiger partial charge on any atom is -0.489 e. The maximum absolute atomic E-state index is 13.3. The van der Waals surface area contributed by atoms with Crippen molar-refractivity contribution in [2.24, 2.45) is 0 Å². The van der Waals surface area contributed by atoms with E-state index < -0.39 is 17.6 Å². The van der Waals surface area contributed by atoms with Gasteiger partial charge in [0.05, 0.1) is 47.8 Å². The average molecular weight is 489 g/mol. The van der Waals surface area contributed by atoms with Crippen LogP contribution in [0, 0.1) is 13.8 Å². The number of aryl methyl sites for hydroxylation is 2. The number of benzene rings is 2. The van der Waals surface area contributed by atoms with Crippen LogP contribution in [0.15, 0.2) is 47.0 Å². The van der Waals surface area contributed by atoms with Gasteiger partial charge in [-0.15, -0.1) is 0 Å². The lowest BCUT2D eigenvalue weighted by Crippen LogP contribution is -2.37. The number of carbonyl (C=O) groups is 1.